The summed E-state index contributed by atoms with van der Waals surface area (Å²) in [7, 11) is 1.78. The van der Waals surface area contributed by atoms with Crippen LogP contribution in [0.2, 0.25) is 0 Å². The van der Waals surface area contributed by atoms with Gasteiger partial charge in [0.1, 0.15) is 0 Å². The summed E-state index contributed by atoms with van der Waals surface area (Å²) in [5.74, 6) is 0.892. The van der Waals surface area contributed by atoms with Gasteiger partial charge in [0.15, 0.2) is 0 Å². The molecule has 1 aliphatic heterocycles. The highest BCUT2D eigenvalue weighted by Gasteiger charge is 2.17. The molecule has 2 N–H and O–H groups in total. The number of nitrogens with two attached hydrogens (primary N) is 1. The number of rotatable bonds is 9. The van der Waals surface area contributed by atoms with Crippen molar-refractivity contribution in [2.75, 3.05) is 20.3 Å². The predicted molar refractivity (Wildman–Crippen MR) is 75.7 cm³/mol. The third-order valence-corrected chi connectivity index (χ3v) is 4.09. The molecular weight excluding hydrogens is 226 g/mol. The van der Waals surface area contributed by atoms with E-state index in [0.717, 1.165) is 38.4 Å². The number of unbranched alkanes of at least 4 members (excludes halogenated alkanes) is 1. The van der Waals surface area contributed by atoms with E-state index < -0.39 is 0 Å². The molecule has 1 rings (SSSR count). The average Bonchev–Trinajstić information content (AvgIpc) is 2.42. The molecule has 0 bridgehead atoms. The lowest BCUT2D eigenvalue weighted by molar-refractivity contribution is 0.0611. The zero-order valence-corrected chi connectivity index (χ0v) is 12.2. The molecule has 18 heavy (non-hydrogen) atoms. The van der Waals surface area contributed by atoms with Crippen LogP contribution in [-0.4, -0.2) is 32.5 Å². The van der Waals surface area contributed by atoms with E-state index >= 15 is 0 Å². The van der Waals surface area contributed by atoms with Crippen LogP contribution in [0.15, 0.2) is 0 Å². The van der Waals surface area contributed by atoms with Gasteiger partial charge in [-0.05, 0) is 31.6 Å². The van der Waals surface area contributed by atoms with Gasteiger partial charge >= 0.3 is 0 Å². The fourth-order valence-corrected chi connectivity index (χ4v) is 2.83. The van der Waals surface area contributed by atoms with Gasteiger partial charge in [-0.2, -0.15) is 0 Å². The van der Waals surface area contributed by atoms with Gasteiger partial charge in [0.25, 0.3) is 0 Å². The van der Waals surface area contributed by atoms with Gasteiger partial charge in [-0.15, -0.1) is 0 Å². The highest BCUT2D eigenvalue weighted by molar-refractivity contribution is 4.73. The molecule has 0 aliphatic carbocycles. The van der Waals surface area contributed by atoms with E-state index in [1.165, 1.54) is 32.1 Å². The monoisotopic (exact) mass is 257 g/mol. The highest BCUT2D eigenvalue weighted by Crippen LogP contribution is 2.21. The molecule has 0 aromatic heterocycles. The van der Waals surface area contributed by atoms with Crippen molar-refractivity contribution < 1.29 is 9.47 Å². The fraction of sp³-hybridized carbons (Fsp3) is 1.00. The summed E-state index contributed by atoms with van der Waals surface area (Å²) in [6, 6.07) is 0.213. The Morgan fingerprint density at radius 3 is 2.56 bits per heavy atom. The van der Waals surface area contributed by atoms with Crippen molar-refractivity contribution in [1.82, 2.24) is 0 Å². The molecule has 1 heterocycles. The lowest BCUT2D eigenvalue weighted by Crippen LogP contribution is -2.36. The maximum absolute atomic E-state index is 6.19. The van der Waals surface area contributed by atoms with Gasteiger partial charge < -0.3 is 15.2 Å². The zero-order chi connectivity index (χ0) is 13.2. The normalized spacial score (nSPS) is 20.8. The summed E-state index contributed by atoms with van der Waals surface area (Å²) in [6.07, 6.45) is 9.97. The molecule has 0 saturated carbocycles. The smallest absolute Gasteiger partial charge is 0.0722 e. The van der Waals surface area contributed by atoms with Crippen molar-refractivity contribution in [3.05, 3.63) is 0 Å². The summed E-state index contributed by atoms with van der Waals surface area (Å²) in [5, 5.41) is 0. The van der Waals surface area contributed by atoms with Crippen LogP contribution in [0.1, 0.15) is 58.3 Å². The number of ether oxygens (including phenoxy) is 2. The Balaban J connectivity index is 2.05. The van der Waals surface area contributed by atoms with Crippen LogP contribution < -0.4 is 5.73 Å². The van der Waals surface area contributed by atoms with Crippen LogP contribution in [0.25, 0.3) is 0 Å². The first-order valence-electron chi connectivity index (χ1n) is 7.64. The van der Waals surface area contributed by atoms with Gasteiger partial charge in [0, 0.05) is 26.4 Å². The first kappa shape index (κ1) is 15.9. The molecule has 2 unspecified atom stereocenters. The Kier molecular flexibility index (Phi) is 8.64. The van der Waals surface area contributed by atoms with Crippen molar-refractivity contribution in [2.24, 2.45) is 11.7 Å². The maximum atomic E-state index is 6.19. The van der Waals surface area contributed by atoms with Crippen molar-refractivity contribution in [2.45, 2.75) is 70.4 Å². The Bertz CT molecular complexity index is 193. The first-order chi connectivity index (χ1) is 8.77. The maximum Gasteiger partial charge on any atom is 0.0722 e. The number of hydrogen-bond acceptors (Lipinski definition) is 3. The van der Waals surface area contributed by atoms with Gasteiger partial charge in [-0.1, -0.05) is 32.6 Å². The second-order valence-electron chi connectivity index (χ2n) is 5.57. The summed E-state index contributed by atoms with van der Waals surface area (Å²) in [4.78, 5) is 0. The molecule has 1 saturated heterocycles. The minimum atomic E-state index is 0.213. The van der Waals surface area contributed by atoms with Gasteiger partial charge in [0.05, 0.1) is 6.10 Å². The van der Waals surface area contributed by atoms with E-state index in [9.17, 15) is 0 Å². The van der Waals surface area contributed by atoms with E-state index in [4.69, 9.17) is 15.2 Å². The van der Waals surface area contributed by atoms with Crippen LogP contribution >= 0.6 is 0 Å². The van der Waals surface area contributed by atoms with Gasteiger partial charge in [-0.25, -0.2) is 0 Å². The van der Waals surface area contributed by atoms with Gasteiger partial charge in [-0.3, -0.25) is 0 Å². The molecule has 108 valence electrons. The van der Waals surface area contributed by atoms with Crippen LogP contribution in [0.5, 0.6) is 0 Å². The summed E-state index contributed by atoms with van der Waals surface area (Å²) in [6.45, 7) is 4.11. The van der Waals surface area contributed by atoms with E-state index in [2.05, 4.69) is 6.92 Å². The molecule has 0 spiro atoms. The zero-order valence-electron chi connectivity index (χ0n) is 12.2. The topological polar surface area (TPSA) is 44.5 Å². The standard InChI is InChI=1S/C15H31NO2/c1-3-6-15(17-2)14(16)8-5-4-7-13-9-11-18-12-10-13/h13-15H,3-12,16H2,1-2H3. The Morgan fingerprint density at radius 1 is 1.22 bits per heavy atom. The molecule has 0 radical (unpaired) electrons. The lowest BCUT2D eigenvalue weighted by Gasteiger charge is -2.24. The Morgan fingerprint density at radius 2 is 1.94 bits per heavy atom. The summed E-state index contributed by atoms with van der Waals surface area (Å²) >= 11 is 0. The minimum Gasteiger partial charge on any atom is -0.381 e. The fourth-order valence-electron chi connectivity index (χ4n) is 2.83. The summed E-state index contributed by atoms with van der Waals surface area (Å²) in [5.41, 5.74) is 6.19. The molecule has 0 amide bonds. The second kappa shape index (κ2) is 9.76. The minimum absolute atomic E-state index is 0.213. The van der Waals surface area contributed by atoms with Gasteiger partial charge in [0.2, 0.25) is 0 Å². The third-order valence-electron chi connectivity index (χ3n) is 4.09. The molecule has 3 nitrogen and oxygen atoms in total. The van der Waals surface area contributed by atoms with Crippen LogP contribution in [-0.2, 0) is 9.47 Å². The quantitative estimate of drug-likeness (QED) is 0.645. The lowest BCUT2D eigenvalue weighted by atomic mass is 9.92. The van der Waals surface area contributed by atoms with E-state index in [1.807, 2.05) is 0 Å². The molecule has 0 aromatic carbocycles. The SMILES string of the molecule is CCCC(OC)C(N)CCCCC1CCOCC1. The second-order valence-corrected chi connectivity index (χ2v) is 5.57. The molecule has 0 aromatic rings. The highest BCUT2D eigenvalue weighted by atomic mass is 16.5. The summed E-state index contributed by atoms with van der Waals surface area (Å²) < 4.78 is 10.8. The average molecular weight is 257 g/mol. The van der Waals surface area contributed by atoms with E-state index in [-0.39, 0.29) is 12.1 Å². The van der Waals surface area contributed by atoms with Crippen molar-refractivity contribution in [1.29, 1.82) is 0 Å². The third kappa shape index (κ3) is 6.17. The molecule has 1 aliphatic rings. The van der Waals surface area contributed by atoms with Crippen molar-refractivity contribution in [3.63, 3.8) is 0 Å². The van der Waals surface area contributed by atoms with Crippen LogP contribution in [0.4, 0.5) is 0 Å². The first-order valence-corrected chi connectivity index (χ1v) is 7.64. The number of methoxy groups -OCH3 is 1. The Hall–Kier alpha value is -0.120. The predicted octanol–water partition coefficient (Wildman–Crippen LogP) is 3.12. The molecule has 3 heteroatoms. The van der Waals surface area contributed by atoms with Crippen molar-refractivity contribution in [3.8, 4) is 0 Å². The molecular formula is C15H31NO2. The molecule has 2 atom stereocenters. The Labute approximate surface area is 112 Å². The van der Waals surface area contributed by atoms with Crippen LogP contribution in [0.3, 0.4) is 0 Å². The largest absolute Gasteiger partial charge is 0.381 e. The number of hydrogen-bond donors (Lipinski definition) is 1. The van der Waals surface area contributed by atoms with Crippen molar-refractivity contribution >= 4 is 0 Å². The van der Waals surface area contributed by atoms with E-state index in [0.29, 0.717) is 0 Å². The molecule has 1 fully saturated rings. The van der Waals surface area contributed by atoms with E-state index in [1.54, 1.807) is 7.11 Å². The van der Waals surface area contributed by atoms with Crippen LogP contribution in [0, 0.1) is 5.92 Å².